The quantitative estimate of drug-likeness (QED) is 0.633. The number of hydrogen-bond donors (Lipinski definition) is 2. The highest BCUT2D eigenvalue weighted by atomic mass is 16.3. The molecule has 1 saturated carbocycles. The summed E-state index contributed by atoms with van der Waals surface area (Å²) in [5, 5.41) is 19.1. The first-order valence-corrected chi connectivity index (χ1v) is 4.49. The molecule has 0 heterocycles. The van der Waals surface area contributed by atoms with E-state index < -0.39 is 0 Å². The zero-order valence-electron chi connectivity index (χ0n) is 7.33. The first-order chi connectivity index (χ1) is 5.13. The summed E-state index contributed by atoms with van der Waals surface area (Å²) in [7, 11) is 0. The number of aliphatic hydroxyl groups excluding tert-OH is 2. The van der Waals surface area contributed by atoms with Gasteiger partial charge in [0.15, 0.2) is 0 Å². The molecule has 1 unspecified atom stereocenters. The van der Waals surface area contributed by atoms with Crippen LogP contribution in [0, 0.1) is 11.8 Å². The predicted octanol–water partition coefficient (Wildman–Crippen LogP) is 1.16. The lowest BCUT2D eigenvalue weighted by molar-refractivity contribution is 0.00587. The molecule has 11 heavy (non-hydrogen) atoms. The van der Waals surface area contributed by atoms with Crippen molar-refractivity contribution in [3.05, 3.63) is 0 Å². The SMILES string of the molecule is CC(C)C(O)[C@@H]1CCC[C@@H]1O. The Morgan fingerprint density at radius 3 is 2.27 bits per heavy atom. The van der Waals surface area contributed by atoms with Crippen molar-refractivity contribution in [3.63, 3.8) is 0 Å². The summed E-state index contributed by atoms with van der Waals surface area (Å²) in [6.07, 6.45) is 2.35. The molecule has 0 radical (unpaired) electrons. The van der Waals surface area contributed by atoms with Gasteiger partial charge in [0.05, 0.1) is 12.2 Å². The Morgan fingerprint density at radius 2 is 1.91 bits per heavy atom. The molecular formula is C9H18O2. The molecule has 3 atom stereocenters. The van der Waals surface area contributed by atoms with Gasteiger partial charge in [0.2, 0.25) is 0 Å². The Hall–Kier alpha value is -0.0800. The van der Waals surface area contributed by atoms with Crippen molar-refractivity contribution in [1.82, 2.24) is 0 Å². The van der Waals surface area contributed by atoms with Crippen LogP contribution in [-0.4, -0.2) is 22.4 Å². The average molecular weight is 158 g/mol. The molecule has 0 amide bonds. The van der Waals surface area contributed by atoms with Gasteiger partial charge in [-0.25, -0.2) is 0 Å². The number of aliphatic hydroxyl groups is 2. The first kappa shape index (κ1) is 9.01. The summed E-state index contributed by atoms with van der Waals surface area (Å²) >= 11 is 0. The van der Waals surface area contributed by atoms with E-state index in [9.17, 15) is 10.2 Å². The van der Waals surface area contributed by atoms with Crippen LogP contribution in [0.15, 0.2) is 0 Å². The van der Waals surface area contributed by atoms with Gasteiger partial charge >= 0.3 is 0 Å². The molecular weight excluding hydrogens is 140 g/mol. The Morgan fingerprint density at radius 1 is 1.27 bits per heavy atom. The van der Waals surface area contributed by atoms with Crippen molar-refractivity contribution in [2.75, 3.05) is 0 Å². The molecule has 1 aliphatic carbocycles. The van der Waals surface area contributed by atoms with Gasteiger partial charge in [-0.1, -0.05) is 20.3 Å². The fourth-order valence-corrected chi connectivity index (χ4v) is 1.86. The largest absolute Gasteiger partial charge is 0.393 e. The van der Waals surface area contributed by atoms with E-state index in [1.807, 2.05) is 13.8 Å². The van der Waals surface area contributed by atoms with Crippen LogP contribution in [-0.2, 0) is 0 Å². The van der Waals surface area contributed by atoms with Gasteiger partial charge in [0.25, 0.3) is 0 Å². The monoisotopic (exact) mass is 158 g/mol. The second-order valence-electron chi connectivity index (χ2n) is 3.90. The predicted molar refractivity (Wildman–Crippen MR) is 44.2 cm³/mol. The fourth-order valence-electron chi connectivity index (χ4n) is 1.86. The number of rotatable bonds is 2. The summed E-state index contributed by atoms with van der Waals surface area (Å²) in [6.45, 7) is 3.99. The van der Waals surface area contributed by atoms with E-state index >= 15 is 0 Å². The lowest BCUT2D eigenvalue weighted by atomic mass is 9.91. The smallest absolute Gasteiger partial charge is 0.0615 e. The third-order valence-electron chi connectivity index (χ3n) is 2.65. The van der Waals surface area contributed by atoms with Crippen molar-refractivity contribution in [3.8, 4) is 0 Å². The van der Waals surface area contributed by atoms with Crippen LogP contribution >= 0.6 is 0 Å². The Labute approximate surface area is 68.2 Å². The van der Waals surface area contributed by atoms with Crippen LogP contribution in [0.4, 0.5) is 0 Å². The van der Waals surface area contributed by atoms with E-state index in [4.69, 9.17) is 0 Å². The standard InChI is InChI=1S/C9H18O2/c1-6(2)9(11)7-4-3-5-8(7)10/h6-11H,3-5H2,1-2H3/t7-,8+,9?/m1/s1. The molecule has 0 aromatic heterocycles. The van der Waals surface area contributed by atoms with Crippen LogP contribution in [0.5, 0.6) is 0 Å². The molecule has 0 aliphatic heterocycles. The molecule has 0 aromatic carbocycles. The second-order valence-corrected chi connectivity index (χ2v) is 3.90. The topological polar surface area (TPSA) is 40.5 Å². The third kappa shape index (κ3) is 1.94. The van der Waals surface area contributed by atoms with Crippen molar-refractivity contribution in [1.29, 1.82) is 0 Å². The highest BCUT2D eigenvalue weighted by Gasteiger charge is 2.32. The lowest BCUT2D eigenvalue weighted by Gasteiger charge is -2.24. The minimum absolute atomic E-state index is 0.134. The maximum atomic E-state index is 9.64. The third-order valence-corrected chi connectivity index (χ3v) is 2.65. The van der Waals surface area contributed by atoms with Crippen LogP contribution < -0.4 is 0 Å². The highest BCUT2D eigenvalue weighted by Crippen LogP contribution is 2.30. The molecule has 66 valence electrons. The molecule has 0 bridgehead atoms. The van der Waals surface area contributed by atoms with Crippen LogP contribution in [0.2, 0.25) is 0 Å². The average Bonchev–Trinajstić information content (AvgIpc) is 2.33. The van der Waals surface area contributed by atoms with Crippen molar-refractivity contribution >= 4 is 0 Å². The molecule has 0 aromatic rings. The molecule has 0 saturated heterocycles. The zero-order valence-corrected chi connectivity index (χ0v) is 7.33. The lowest BCUT2D eigenvalue weighted by Crippen LogP contribution is -2.31. The molecule has 1 fully saturated rings. The van der Waals surface area contributed by atoms with Gasteiger partial charge in [0, 0.05) is 5.92 Å². The van der Waals surface area contributed by atoms with Crippen LogP contribution in [0.25, 0.3) is 0 Å². The fraction of sp³-hybridized carbons (Fsp3) is 1.00. The summed E-state index contributed by atoms with van der Waals surface area (Å²) in [5.41, 5.74) is 0. The summed E-state index contributed by atoms with van der Waals surface area (Å²) in [5.74, 6) is 0.405. The van der Waals surface area contributed by atoms with Crippen molar-refractivity contribution in [2.45, 2.75) is 45.3 Å². The van der Waals surface area contributed by atoms with Gasteiger partial charge in [-0.15, -0.1) is 0 Å². The summed E-state index contributed by atoms with van der Waals surface area (Å²) in [6, 6.07) is 0. The summed E-state index contributed by atoms with van der Waals surface area (Å²) in [4.78, 5) is 0. The Kier molecular flexibility index (Phi) is 2.90. The van der Waals surface area contributed by atoms with E-state index in [0.717, 1.165) is 19.3 Å². The molecule has 2 nitrogen and oxygen atoms in total. The number of hydrogen-bond acceptors (Lipinski definition) is 2. The van der Waals surface area contributed by atoms with E-state index in [0.29, 0.717) is 0 Å². The van der Waals surface area contributed by atoms with E-state index in [1.54, 1.807) is 0 Å². The minimum atomic E-state index is -0.313. The Balaban J connectivity index is 2.45. The van der Waals surface area contributed by atoms with Gasteiger partial charge < -0.3 is 10.2 Å². The first-order valence-electron chi connectivity index (χ1n) is 4.49. The highest BCUT2D eigenvalue weighted by molar-refractivity contribution is 4.83. The van der Waals surface area contributed by atoms with Gasteiger partial charge in [-0.2, -0.15) is 0 Å². The van der Waals surface area contributed by atoms with Crippen LogP contribution in [0.3, 0.4) is 0 Å². The maximum absolute atomic E-state index is 9.64. The molecule has 1 rings (SSSR count). The maximum Gasteiger partial charge on any atom is 0.0615 e. The molecule has 0 spiro atoms. The molecule has 2 N–H and O–H groups in total. The minimum Gasteiger partial charge on any atom is -0.393 e. The molecule has 2 heteroatoms. The van der Waals surface area contributed by atoms with Crippen molar-refractivity contribution in [2.24, 2.45) is 11.8 Å². The zero-order chi connectivity index (χ0) is 8.43. The molecule has 1 aliphatic rings. The van der Waals surface area contributed by atoms with Crippen molar-refractivity contribution < 1.29 is 10.2 Å². The summed E-state index contributed by atoms with van der Waals surface area (Å²) < 4.78 is 0. The van der Waals surface area contributed by atoms with Gasteiger partial charge in [-0.05, 0) is 18.8 Å². The van der Waals surface area contributed by atoms with E-state index in [-0.39, 0.29) is 24.0 Å². The van der Waals surface area contributed by atoms with E-state index in [1.165, 1.54) is 0 Å². The van der Waals surface area contributed by atoms with E-state index in [2.05, 4.69) is 0 Å². The Bertz CT molecular complexity index is 123. The van der Waals surface area contributed by atoms with Gasteiger partial charge in [0.1, 0.15) is 0 Å². The normalized spacial score (nSPS) is 34.6. The van der Waals surface area contributed by atoms with Gasteiger partial charge in [-0.3, -0.25) is 0 Å². The second kappa shape index (κ2) is 3.55. The van der Waals surface area contributed by atoms with Crippen LogP contribution in [0.1, 0.15) is 33.1 Å².